The Morgan fingerprint density at radius 1 is 1.08 bits per heavy atom. The van der Waals surface area contributed by atoms with Crippen LogP contribution in [0, 0.1) is 20.8 Å². The zero-order valence-corrected chi connectivity index (χ0v) is 15.8. The summed E-state index contributed by atoms with van der Waals surface area (Å²) in [6, 6.07) is 8.69. The average molecular weight is 407 g/mol. The van der Waals surface area contributed by atoms with E-state index in [1.54, 1.807) is 32.0 Å². The number of fused-ring (bicyclic) bond motifs is 1. The van der Waals surface area contributed by atoms with Crippen LogP contribution >= 0.6 is 15.9 Å². The number of benzene rings is 2. The Balaban J connectivity index is 2.37. The minimum atomic E-state index is -3.91. The first-order valence-corrected chi connectivity index (χ1v) is 9.46. The van der Waals surface area contributed by atoms with E-state index < -0.39 is 10.0 Å². The number of carbonyl (C=O) groups is 1. The van der Waals surface area contributed by atoms with Gasteiger partial charge < -0.3 is 0 Å². The predicted octanol–water partition coefficient (Wildman–Crippen LogP) is 3.77. The van der Waals surface area contributed by atoms with Crippen LogP contribution in [0.4, 0.5) is 0 Å². The zero-order chi connectivity index (χ0) is 17.6. The monoisotopic (exact) mass is 406 g/mol. The van der Waals surface area contributed by atoms with Crippen LogP contribution in [-0.4, -0.2) is 23.9 Å². The first-order valence-electron chi connectivity index (χ1n) is 7.22. The van der Waals surface area contributed by atoms with Gasteiger partial charge in [-0.3, -0.25) is 4.79 Å². The van der Waals surface area contributed by atoms with Gasteiger partial charge >= 0.3 is 0 Å². The lowest BCUT2D eigenvalue weighted by Gasteiger charge is -2.12. The number of nitrogens with zero attached hydrogens (tertiary/aromatic N) is 2. The quantitative estimate of drug-likeness (QED) is 0.620. The van der Waals surface area contributed by atoms with Crippen molar-refractivity contribution < 1.29 is 13.2 Å². The van der Waals surface area contributed by atoms with Gasteiger partial charge in [0, 0.05) is 9.86 Å². The van der Waals surface area contributed by atoms with E-state index in [0.29, 0.717) is 28.3 Å². The number of hydrogen-bond donors (Lipinski definition) is 0. The summed E-state index contributed by atoms with van der Waals surface area (Å²) < 4.78 is 28.1. The Bertz CT molecular complexity index is 1060. The lowest BCUT2D eigenvalue weighted by atomic mass is 10.1. The first-order chi connectivity index (χ1) is 11.3. The molecule has 1 heterocycles. The van der Waals surface area contributed by atoms with Gasteiger partial charge in [-0.2, -0.15) is 17.6 Å². The number of aromatic nitrogens is 2. The second kappa shape index (κ2) is 5.82. The molecule has 0 aliphatic rings. The van der Waals surface area contributed by atoms with Gasteiger partial charge in [-0.25, -0.2) is 0 Å². The van der Waals surface area contributed by atoms with E-state index in [9.17, 15) is 13.2 Å². The molecule has 3 aromatic rings. The molecule has 2 aromatic carbocycles. The fourth-order valence-corrected chi connectivity index (χ4v) is 5.10. The molecule has 0 radical (unpaired) electrons. The molecule has 7 heteroatoms. The third-order valence-electron chi connectivity index (χ3n) is 3.84. The fourth-order valence-electron chi connectivity index (χ4n) is 3.02. The van der Waals surface area contributed by atoms with E-state index >= 15 is 0 Å². The normalized spacial score (nSPS) is 11.8. The lowest BCUT2D eigenvalue weighted by molar-refractivity contribution is 0.112. The lowest BCUT2D eigenvalue weighted by Crippen LogP contribution is -2.17. The number of hydrogen-bond acceptors (Lipinski definition) is 4. The maximum absolute atomic E-state index is 13.2. The molecule has 0 spiro atoms. The van der Waals surface area contributed by atoms with E-state index in [0.717, 1.165) is 14.1 Å². The van der Waals surface area contributed by atoms with Gasteiger partial charge in [-0.05, 0) is 50.1 Å². The van der Waals surface area contributed by atoms with Crippen LogP contribution in [0.3, 0.4) is 0 Å². The van der Waals surface area contributed by atoms with Crippen molar-refractivity contribution in [3.63, 3.8) is 0 Å². The fraction of sp³-hybridized carbons (Fsp3) is 0.176. The second-order valence-electron chi connectivity index (χ2n) is 5.74. The van der Waals surface area contributed by atoms with E-state index in [2.05, 4.69) is 21.0 Å². The molecule has 0 saturated heterocycles. The van der Waals surface area contributed by atoms with Gasteiger partial charge in [0.15, 0.2) is 6.29 Å². The molecule has 0 aliphatic carbocycles. The predicted molar refractivity (Wildman–Crippen MR) is 96.1 cm³/mol. The molecule has 124 valence electrons. The van der Waals surface area contributed by atoms with E-state index in [1.807, 2.05) is 19.1 Å². The molecule has 5 nitrogen and oxygen atoms in total. The van der Waals surface area contributed by atoms with Crippen LogP contribution in [0.5, 0.6) is 0 Å². The summed E-state index contributed by atoms with van der Waals surface area (Å²) in [5.41, 5.74) is 2.77. The summed E-state index contributed by atoms with van der Waals surface area (Å²) in [6.45, 7) is 5.44. The topological polar surface area (TPSA) is 69.0 Å². The molecular weight excluding hydrogens is 392 g/mol. The first kappa shape index (κ1) is 16.9. The highest BCUT2D eigenvalue weighted by molar-refractivity contribution is 9.10. The smallest absolute Gasteiger partial charge is 0.284 e. The van der Waals surface area contributed by atoms with Crippen LogP contribution in [-0.2, 0) is 10.0 Å². The molecular formula is C17H15BrN2O3S. The number of halogens is 1. The van der Waals surface area contributed by atoms with Crippen molar-refractivity contribution in [2.75, 3.05) is 0 Å². The van der Waals surface area contributed by atoms with Gasteiger partial charge in [0.1, 0.15) is 5.69 Å². The molecule has 0 N–H and O–H groups in total. The summed E-state index contributed by atoms with van der Waals surface area (Å²) in [6.07, 6.45) is 0.565. The molecule has 0 bridgehead atoms. The van der Waals surface area contributed by atoms with Crippen LogP contribution in [0.15, 0.2) is 39.7 Å². The minimum Gasteiger partial charge on any atom is -0.296 e. The second-order valence-corrected chi connectivity index (χ2v) is 8.36. The highest BCUT2D eigenvalue weighted by Crippen LogP contribution is 2.29. The van der Waals surface area contributed by atoms with Gasteiger partial charge in [0.25, 0.3) is 10.0 Å². The summed E-state index contributed by atoms with van der Waals surface area (Å²) in [4.78, 5) is 11.5. The van der Waals surface area contributed by atoms with E-state index in [1.165, 1.54) is 0 Å². The molecule has 0 fully saturated rings. The maximum Gasteiger partial charge on any atom is 0.284 e. The Hall–Kier alpha value is -1.99. The van der Waals surface area contributed by atoms with Crippen molar-refractivity contribution >= 4 is 43.1 Å². The third kappa shape index (κ3) is 2.57. The van der Waals surface area contributed by atoms with Crippen molar-refractivity contribution in [3.8, 4) is 0 Å². The maximum atomic E-state index is 13.2. The molecule has 0 amide bonds. The summed E-state index contributed by atoms with van der Waals surface area (Å²) >= 11 is 3.33. The molecule has 0 unspecified atom stereocenters. The number of aryl methyl sites for hydroxylation is 3. The largest absolute Gasteiger partial charge is 0.296 e. The standard InChI is InChI=1S/C17H15BrN2O3S/c1-10-6-11(2)17(12(3)7-10)24(22,23)20-16-5-4-13(18)8-14(16)15(9-21)19-20/h4-9H,1-3H3. The molecule has 0 atom stereocenters. The van der Waals surface area contributed by atoms with Gasteiger partial charge in [-0.1, -0.05) is 33.6 Å². The number of carbonyl (C=O) groups excluding carboxylic acids is 1. The van der Waals surface area contributed by atoms with Crippen molar-refractivity contribution in [1.29, 1.82) is 0 Å². The van der Waals surface area contributed by atoms with Crippen molar-refractivity contribution in [2.24, 2.45) is 0 Å². The minimum absolute atomic E-state index is 0.0947. The van der Waals surface area contributed by atoms with Gasteiger partial charge in [-0.15, -0.1) is 0 Å². The van der Waals surface area contributed by atoms with E-state index in [4.69, 9.17) is 0 Å². The SMILES string of the molecule is Cc1cc(C)c(S(=O)(=O)n2nc(C=O)c3cc(Br)ccc32)c(C)c1. The van der Waals surface area contributed by atoms with Crippen LogP contribution in [0.25, 0.3) is 10.9 Å². The van der Waals surface area contributed by atoms with Crippen LogP contribution < -0.4 is 0 Å². The Morgan fingerprint density at radius 3 is 2.29 bits per heavy atom. The number of aldehydes is 1. The third-order valence-corrected chi connectivity index (χ3v) is 6.23. The summed E-state index contributed by atoms with van der Waals surface area (Å²) in [5.74, 6) is 0. The molecule has 3 rings (SSSR count). The van der Waals surface area contributed by atoms with Gasteiger partial charge in [0.05, 0.1) is 10.4 Å². The Labute approximate surface area is 148 Å². The Morgan fingerprint density at radius 2 is 1.71 bits per heavy atom. The average Bonchev–Trinajstić information content (AvgIpc) is 2.84. The molecule has 24 heavy (non-hydrogen) atoms. The van der Waals surface area contributed by atoms with Crippen LogP contribution in [0.1, 0.15) is 27.2 Å². The molecule has 0 saturated carbocycles. The highest BCUT2D eigenvalue weighted by Gasteiger charge is 2.26. The number of rotatable bonds is 3. The summed E-state index contributed by atoms with van der Waals surface area (Å²) in [5, 5.41) is 4.53. The van der Waals surface area contributed by atoms with Gasteiger partial charge in [0.2, 0.25) is 0 Å². The molecule has 0 aliphatic heterocycles. The Kier molecular flexibility index (Phi) is 4.09. The van der Waals surface area contributed by atoms with E-state index in [-0.39, 0.29) is 10.6 Å². The highest BCUT2D eigenvalue weighted by atomic mass is 79.9. The molecule has 1 aromatic heterocycles. The van der Waals surface area contributed by atoms with Crippen LogP contribution in [0.2, 0.25) is 0 Å². The van der Waals surface area contributed by atoms with Crippen molar-refractivity contribution in [1.82, 2.24) is 9.19 Å². The summed E-state index contributed by atoms with van der Waals surface area (Å²) in [7, 11) is -3.91. The van der Waals surface area contributed by atoms with Crippen molar-refractivity contribution in [3.05, 3.63) is 57.2 Å². The van der Waals surface area contributed by atoms with Crippen molar-refractivity contribution in [2.45, 2.75) is 25.7 Å². The zero-order valence-electron chi connectivity index (χ0n) is 13.4.